The van der Waals surface area contributed by atoms with Crippen molar-refractivity contribution in [3.63, 3.8) is 0 Å². The molecule has 4 aromatic heterocycles. The zero-order valence-electron chi connectivity index (χ0n) is 51.7. The van der Waals surface area contributed by atoms with Crippen molar-refractivity contribution in [1.29, 1.82) is 0 Å². The predicted octanol–water partition coefficient (Wildman–Crippen LogP) is 6.17. The Morgan fingerprint density at radius 3 is 1.45 bits per heavy atom. The number of β-lactam (4-membered cyclic amide) rings is 2. The van der Waals surface area contributed by atoms with Crippen LogP contribution >= 0.6 is 68.9 Å². The van der Waals surface area contributed by atoms with Crippen LogP contribution in [0.3, 0.4) is 0 Å². The summed E-state index contributed by atoms with van der Waals surface area (Å²) in [5.41, 5.74) is 2.43. The molecule has 0 unspecified atom stereocenters. The number of anilines is 2. The highest BCUT2D eigenvalue weighted by Gasteiger charge is 2.56. The Balaban J connectivity index is 0.946. The van der Waals surface area contributed by atoms with E-state index < -0.39 is 106 Å². The minimum atomic E-state index is -1.15. The second kappa shape index (κ2) is 29.1. The molecule has 0 bridgehead atoms. The van der Waals surface area contributed by atoms with E-state index in [0.717, 1.165) is 43.8 Å². The molecule has 8 rings (SSSR count). The van der Waals surface area contributed by atoms with Crippen LogP contribution in [-0.2, 0) is 76.5 Å². The SMILES string of the molecule is CO/N=C(\C(=O)N[C@@H]1C(=O)N2C(C(=O)OCOC(=O)C(C)(C)C)=C(/C=C\c3scnc3C)CS[C@H]12)c1csc(NCN(COC(=O)C(C)(C)C)c2nc(/C(=N/OC)C(=O)N[C@@H]3C(=O)N4C(C(=O)OCOC(=O)C(C)(C)C)=C(/C=C\c5scnc5C)CS[C@H]34)cs2)n1. The van der Waals surface area contributed by atoms with Crippen molar-refractivity contribution in [2.24, 2.45) is 26.6 Å². The van der Waals surface area contributed by atoms with Crippen molar-refractivity contribution < 1.29 is 76.5 Å². The summed E-state index contributed by atoms with van der Waals surface area (Å²) < 4.78 is 26.8. The number of aryl methyl sites for hydroxylation is 2. The molecular formula is C57H66N12O16S6. The van der Waals surface area contributed by atoms with Gasteiger partial charge in [0, 0.05) is 32.0 Å². The van der Waals surface area contributed by atoms with Crippen molar-refractivity contribution in [2.75, 3.05) is 62.9 Å². The molecule has 0 radical (unpaired) electrons. The van der Waals surface area contributed by atoms with Crippen LogP contribution in [0.5, 0.6) is 0 Å². The van der Waals surface area contributed by atoms with Gasteiger partial charge in [0.1, 0.15) is 59.8 Å². The number of fused-ring (bicyclic) bond motifs is 2. The Labute approximate surface area is 547 Å². The molecule has 34 heteroatoms. The van der Waals surface area contributed by atoms with Crippen molar-refractivity contribution in [2.45, 2.75) is 99.0 Å². The van der Waals surface area contributed by atoms with E-state index in [-0.39, 0.29) is 69.4 Å². The van der Waals surface area contributed by atoms with E-state index in [4.69, 9.17) is 33.4 Å². The highest BCUT2D eigenvalue weighted by molar-refractivity contribution is 8.00. The van der Waals surface area contributed by atoms with Gasteiger partial charge in [0.15, 0.2) is 28.4 Å². The van der Waals surface area contributed by atoms with E-state index in [9.17, 15) is 43.2 Å². The van der Waals surface area contributed by atoms with Crippen LogP contribution in [0.2, 0.25) is 0 Å². The van der Waals surface area contributed by atoms with Gasteiger partial charge in [0.05, 0.1) is 45.3 Å². The maximum atomic E-state index is 14.2. The van der Waals surface area contributed by atoms with E-state index in [0.29, 0.717) is 11.1 Å². The molecule has 8 heterocycles. The number of hydrogen-bond acceptors (Lipinski definition) is 30. The van der Waals surface area contributed by atoms with Crippen LogP contribution in [0.1, 0.15) is 94.8 Å². The van der Waals surface area contributed by atoms with Gasteiger partial charge >= 0.3 is 29.8 Å². The van der Waals surface area contributed by atoms with E-state index in [2.05, 4.69) is 46.2 Å². The first kappa shape index (κ1) is 68.9. The molecule has 486 valence electrons. The second-order valence-electron chi connectivity index (χ2n) is 23.2. The van der Waals surface area contributed by atoms with Crippen LogP contribution < -0.4 is 20.9 Å². The van der Waals surface area contributed by atoms with Crippen molar-refractivity contribution >= 4 is 156 Å². The van der Waals surface area contributed by atoms with Gasteiger partial charge in [-0.2, -0.15) is 0 Å². The summed E-state index contributed by atoms with van der Waals surface area (Å²) in [5.74, 6) is -6.08. The molecule has 0 aliphatic carbocycles. The van der Waals surface area contributed by atoms with Gasteiger partial charge in [0.2, 0.25) is 13.6 Å². The van der Waals surface area contributed by atoms with Crippen LogP contribution in [0, 0.1) is 30.1 Å². The number of aromatic nitrogens is 4. The maximum absolute atomic E-state index is 14.2. The fourth-order valence-corrected chi connectivity index (χ4v) is 13.8. The summed E-state index contributed by atoms with van der Waals surface area (Å²) >= 11 is 7.49. The number of nitrogens with zero attached hydrogens (tertiary/aromatic N) is 9. The Hall–Kier alpha value is -8.05. The topological polar surface area (TPSA) is 340 Å². The van der Waals surface area contributed by atoms with Crippen molar-refractivity contribution in [1.82, 2.24) is 40.4 Å². The number of oxime groups is 2. The number of allylic oxidation sites excluding steroid dienone is 2. The smallest absolute Gasteiger partial charge is 0.358 e. The monoisotopic (exact) mass is 1370 g/mol. The average Bonchev–Trinajstić information content (AvgIpc) is 1.11. The van der Waals surface area contributed by atoms with Gasteiger partial charge in [-0.25, -0.2) is 29.5 Å². The van der Waals surface area contributed by atoms with Gasteiger partial charge in [-0.1, -0.05) is 22.5 Å². The lowest BCUT2D eigenvalue weighted by Crippen LogP contribution is -2.71. The largest absolute Gasteiger partial charge is 0.444 e. The number of nitrogens with one attached hydrogen (secondary N) is 3. The molecule has 4 aliphatic heterocycles. The van der Waals surface area contributed by atoms with E-state index in [1.807, 2.05) is 13.8 Å². The Morgan fingerprint density at radius 2 is 1.03 bits per heavy atom. The molecule has 2 saturated heterocycles. The normalized spacial score (nSPS) is 18.6. The van der Waals surface area contributed by atoms with Gasteiger partial charge in [-0.15, -0.1) is 68.9 Å². The van der Waals surface area contributed by atoms with Crippen LogP contribution in [0.25, 0.3) is 12.2 Å². The average molecular weight is 1370 g/mol. The lowest BCUT2D eigenvalue weighted by molar-refractivity contribution is -0.174. The zero-order chi connectivity index (χ0) is 66.3. The van der Waals surface area contributed by atoms with Gasteiger partial charge in [-0.3, -0.25) is 48.3 Å². The number of ether oxygens (including phenoxy) is 5. The van der Waals surface area contributed by atoms with Gasteiger partial charge in [-0.05, 0) is 99.5 Å². The number of thiazole rings is 4. The van der Waals surface area contributed by atoms with Crippen LogP contribution in [0.15, 0.2) is 66.8 Å². The number of thioether (sulfide) groups is 2. The van der Waals surface area contributed by atoms with Gasteiger partial charge < -0.3 is 49.3 Å². The molecule has 4 aliphatic rings. The molecule has 4 aromatic rings. The number of carbonyl (C=O) groups excluding carboxylic acids is 9. The summed E-state index contributed by atoms with van der Waals surface area (Å²) in [6.45, 7) is 16.7. The first-order valence-corrected chi connectivity index (χ1v) is 33.3. The second-order valence-corrected chi connectivity index (χ2v) is 28.9. The highest BCUT2D eigenvalue weighted by atomic mass is 32.2. The molecule has 28 nitrogen and oxygen atoms in total. The fourth-order valence-electron chi connectivity index (χ4n) is 8.33. The molecule has 0 spiro atoms. The zero-order valence-corrected chi connectivity index (χ0v) is 56.6. The third-order valence-corrected chi connectivity index (χ3v) is 19.4. The Kier molecular flexibility index (Phi) is 22.0. The van der Waals surface area contributed by atoms with Crippen molar-refractivity contribution in [3.05, 3.63) is 89.0 Å². The summed E-state index contributed by atoms with van der Waals surface area (Å²) in [6, 6.07) is -2.29. The third-order valence-electron chi connectivity index (χ3n) is 13.3. The Bertz CT molecular complexity index is 3690. The fraction of sp³-hybridized carbons (Fsp3) is 0.456. The van der Waals surface area contributed by atoms with Gasteiger partial charge in [0.25, 0.3) is 23.6 Å². The number of hydrogen-bond donors (Lipinski definition) is 3. The number of rotatable bonds is 24. The minimum Gasteiger partial charge on any atom is -0.444 e. The standard InChI is InChI=1S/C57H66N12O16S6/c1-28-34(90-23-59-28)16-14-30-18-86-46-38(44(72)68(46)40(30)48(74)82-26-84-51(77)56(6,7)8)63-42(70)36(65-79-12)32-20-88-53(61-32)58-22-67(25-81-50(76)55(3,4)5)54-62-33(21-89-54)37(66-80-13)43(71)64-39-45(73)69-41(49(75)83-27-85-52(78)57(9,10)11)31(19-87-47(39)69)15-17-35-29(2)60-24-91-35/h14-17,20-21,23-24,38-39,46-47H,18-19,22,25-27H2,1-13H3,(H,58,61)(H,63,70)(H,64,71)/b16-14-,17-15-,65-36-,66-37-/t38-,39-,46-,47-/m1/s1. The van der Waals surface area contributed by atoms with Crippen molar-refractivity contribution in [3.8, 4) is 0 Å². The summed E-state index contributed by atoms with van der Waals surface area (Å²) in [5, 5.41) is 18.5. The first-order chi connectivity index (χ1) is 43.0. The molecule has 91 heavy (non-hydrogen) atoms. The van der Waals surface area contributed by atoms with Crippen LogP contribution in [0.4, 0.5) is 10.3 Å². The molecule has 0 saturated carbocycles. The van der Waals surface area contributed by atoms with E-state index >= 15 is 0 Å². The summed E-state index contributed by atoms with van der Waals surface area (Å²) in [7, 11) is 2.45. The number of amides is 4. The number of esters is 5. The quantitative estimate of drug-likeness (QED) is 0.0176. The van der Waals surface area contributed by atoms with E-state index in [1.54, 1.807) is 97.6 Å². The molecular weight excluding hydrogens is 1300 g/mol. The Morgan fingerprint density at radius 1 is 0.604 bits per heavy atom. The summed E-state index contributed by atoms with van der Waals surface area (Å²) in [4.78, 5) is 155. The van der Waals surface area contributed by atoms with E-state index in [1.165, 1.54) is 85.9 Å². The molecule has 4 atom stereocenters. The molecule has 2 fully saturated rings. The lowest BCUT2D eigenvalue weighted by atomic mass is 9.97. The van der Waals surface area contributed by atoms with Crippen LogP contribution in [-0.4, -0.2) is 170 Å². The number of carbonyl (C=O) groups is 9. The lowest BCUT2D eigenvalue weighted by Gasteiger charge is -2.49. The molecule has 0 aromatic carbocycles. The minimum absolute atomic E-state index is 0.0131. The summed E-state index contributed by atoms with van der Waals surface area (Å²) in [6.07, 6.45) is 6.94. The maximum Gasteiger partial charge on any atom is 0.358 e. The molecule has 4 amide bonds. The first-order valence-electron chi connectivity index (χ1n) is 27.6. The molecule has 3 N–H and O–H groups in total. The predicted molar refractivity (Wildman–Crippen MR) is 342 cm³/mol. The third kappa shape index (κ3) is 16.2. The highest BCUT2D eigenvalue weighted by Crippen LogP contribution is 2.43.